The number of nitriles is 1. The summed E-state index contributed by atoms with van der Waals surface area (Å²) in [5, 5.41) is 9.28. The summed E-state index contributed by atoms with van der Waals surface area (Å²) in [6, 6.07) is 15.3. The standard InChI is InChI=1S/C37H44N8O7S/c1-25-19-28(23-38)40-35(39-25)41-13-16-43(17-14-41)53(49,50)31-9-10-32-26(21-31)11-12-45(32)34(47)27-7-6-8-29(20-27)44-18-15-42(36(48)52-37(2,3)4)24-30(44)22-33(46)51-5/h6-10,19-21,30H,11-18,22,24H2,1-5H3/t30-/m0/s1. The van der Waals surface area contributed by atoms with Crippen molar-refractivity contribution in [2.45, 2.75) is 57.1 Å². The fraction of sp³-hybridized carbons (Fsp3) is 0.459. The molecule has 0 spiro atoms. The van der Waals surface area contributed by atoms with Gasteiger partial charge < -0.3 is 29.1 Å². The SMILES string of the molecule is COC(=O)C[C@H]1CN(C(=O)OC(C)(C)C)CCN1c1cccc(C(=O)N2CCc3cc(S(=O)(=O)N4CCN(c5nc(C)cc(C#N)n5)CC4)ccc32)c1. The van der Waals surface area contributed by atoms with Crippen molar-refractivity contribution < 1.29 is 32.3 Å². The van der Waals surface area contributed by atoms with E-state index in [1.807, 2.05) is 21.9 Å². The highest BCUT2D eigenvalue weighted by Crippen LogP contribution is 2.34. The fourth-order valence-electron chi connectivity index (χ4n) is 6.89. The number of aromatic nitrogens is 2. The van der Waals surface area contributed by atoms with Gasteiger partial charge in [-0.25, -0.2) is 23.2 Å². The number of hydrogen-bond donors (Lipinski definition) is 0. The van der Waals surface area contributed by atoms with Gasteiger partial charge in [0.15, 0.2) is 0 Å². The molecule has 15 nitrogen and oxygen atoms in total. The number of rotatable bonds is 7. The molecule has 1 atom stereocenters. The summed E-state index contributed by atoms with van der Waals surface area (Å²) < 4.78 is 39.4. The molecule has 53 heavy (non-hydrogen) atoms. The maximum absolute atomic E-state index is 14.0. The molecule has 2 saturated heterocycles. The highest BCUT2D eigenvalue weighted by atomic mass is 32.2. The summed E-state index contributed by atoms with van der Waals surface area (Å²) in [6.45, 7) is 9.83. The Balaban J connectivity index is 1.15. The van der Waals surface area contributed by atoms with Crippen LogP contribution in [-0.2, 0) is 30.7 Å². The third-order valence-electron chi connectivity index (χ3n) is 9.50. The Hall–Kier alpha value is -5.27. The normalized spacial score (nSPS) is 18.0. The number of hydrogen-bond acceptors (Lipinski definition) is 12. The van der Waals surface area contributed by atoms with E-state index < -0.39 is 33.7 Å². The van der Waals surface area contributed by atoms with Crippen LogP contribution >= 0.6 is 0 Å². The van der Waals surface area contributed by atoms with Crippen LogP contribution in [0.4, 0.5) is 22.1 Å². The quantitative estimate of drug-likeness (QED) is 0.324. The Labute approximate surface area is 309 Å². The molecule has 4 heterocycles. The zero-order chi connectivity index (χ0) is 38.1. The van der Waals surface area contributed by atoms with Crippen molar-refractivity contribution in [1.29, 1.82) is 5.26 Å². The third-order valence-corrected chi connectivity index (χ3v) is 11.4. The first kappa shape index (κ1) is 37.5. The van der Waals surface area contributed by atoms with E-state index in [1.165, 1.54) is 11.4 Å². The second kappa shape index (κ2) is 15.0. The summed E-state index contributed by atoms with van der Waals surface area (Å²) in [6.07, 6.45) is 0.0856. The van der Waals surface area contributed by atoms with Crippen LogP contribution in [0.25, 0.3) is 0 Å². The number of anilines is 3. The maximum atomic E-state index is 14.0. The topological polar surface area (TPSA) is 170 Å². The average molecular weight is 745 g/mol. The van der Waals surface area contributed by atoms with E-state index in [-0.39, 0.29) is 42.6 Å². The van der Waals surface area contributed by atoms with Crippen molar-refractivity contribution in [3.8, 4) is 6.07 Å². The molecule has 3 aliphatic heterocycles. The van der Waals surface area contributed by atoms with E-state index in [0.717, 1.165) is 11.3 Å². The lowest BCUT2D eigenvalue weighted by atomic mass is 10.1. The van der Waals surface area contributed by atoms with Crippen molar-refractivity contribution in [2.24, 2.45) is 0 Å². The summed E-state index contributed by atoms with van der Waals surface area (Å²) in [5.41, 5.74) is 2.86. The van der Waals surface area contributed by atoms with Gasteiger partial charge in [0.1, 0.15) is 17.4 Å². The molecule has 0 radical (unpaired) electrons. The first-order chi connectivity index (χ1) is 25.2. The molecular formula is C37H44N8O7S. The third kappa shape index (κ3) is 8.21. The highest BCUT2D eigenvalue weighted by Gasteiger charge is 2.35. The van der Waals surface area contributed by atoms with Crippen molar-refractivity contribution in [3.63, 3.8) is 0 Å². The molecule has 1 aromatic heterocycles. The fourth-order valence-corrected chi connectivity index (χ4v) is 8.36. The summed E-state index contributed by atoms with van der Waals surface area (Å²) >= 11 is 0. The molecule has 2 amide bonds. The second-order valence-electron chi connectivity index (χ2n) is 14.3. The molecule has 2 fully saturated rings. The predicted molar refractivity (Wildman–Crippen MR) is 196 cm³/mol. The van der Waals surface area contributed by atoms with Crippen LogP contribution in [0.3, 0.4) is 0 Å². The van der Waals surface area contributed by atoms with Crippen molar-refractivity contribution in [3.05, 3.63) is 71.0 Å². The van der Waals surface area contributed by atoms with Gasteiger partial charge in [0.05, 0.1) is 24.5 Å². The molecule has 280 valence electrons. The van der Waals surface area contributed by atoms with E-state index in [2.05, 4.69) is 9.97 Å². The minimum absolute atomic E-state index is 0.0404. The summed E-state index contributed by atoms with van der Waals surface area (Å²) in [5.74, 6) is -0.233. The smallest absolute Gasteiger partial charge is 0.410 e. The van der Waals surface area contributed by atoms with Gasteiger partial charge in [-0.1, -0.05) is 6.07 Å². The monoisotopic (exact) mass is 744 g/mol. The molecule has 0 saturated carbocycles. The molecule has 0 bridgehead atoms. The average Bonchev–Trinajstić information content (AvgIpc) is 3.57. The van der Waals surface area contributed by atoms with Crippen LogP contribution in [0.5, 0.6) is 0 Å². The minimum Gasteiger partial charge on any atom is -0.469 e. The van der Waals surface area contributed by atoms with E-state index >= 15 is 0 Å². The zero-order valence-corrected chi connectivity index (χ0v) is 31.4. The first-order valence-electron chi connectivity index (χ1n) is 17.5. The van der Waals surface area contributed by atoms with E-state index in [4.69, 9.17) is 9.47 Å². The minimum atomic E-state index is -3.81. The Kier molecular flexibility index (Phi) is 10.6. The van der Waals surface area contributed by atoms with Gasteiger partial charge in [-0.15, -0.1) is 0 Å². The second-order valence-corrected chi connectivity index (χ2v) is 16.2. The van der Waals surface area contributed by atoms with E-state index in [1.54, 1.807) is 80.0 Å². The number of amides is 2. The number of piperazine rings is 2. The maximum Gasteiger partial charge on any atom is 0.410 e. The van der Waals surface area contributed by atoms with Crippen LogP contribution in [0.1, 0.15) is 54.5 Å². The Morgan fingerprint density at radius 3 is 2.42 bits per heavy atom. The Bertz CT molecular complexity index is 2050. The van der Waals surface area contributed by atoms with Crippen LogP contribution < -0.4 is 14.7 Å². The van der Waals surface area contributed by atoms with Crippen molar-refractivity contribution in [2.75, 3.05) is 74.2 Å². The van der Waals surface area contributed by atoms with E-state index in [0.29, 0.717) is 62.0 Å². The molecule has 2 aromatic carbocycles. The number of carbonyl (C=O) groups is 3. The molecule has 3 aromatic rings. The number of ether oxygens (including phenoxy) is 2. The largest absolute Gasteiger partial charge is 0.469 e. The van der Waals surface area contributed by atoms with Gasteiger partial charge in [0.25, 0.3) is 5.91 Å². The van der Waals surface area contributed by atoms with Crippen LogP contribution in [-0.4, -0.2) is 117 Å². The molecule has 6 rings (SSSR count). The summed E-state index contributed by atoms with van der Waals surface area (Å²) in [7, 11) is -2.49. The molecular weight excluding hydrogens is 701 g/mol. The van der Waals surface area contributed by atoms with Gasteiger partial charge in [-0.05, 0) is 82.1 Å². The lowest BCUT2D eigenvalue weighted by Crippen LogP contribution is -2.56. The lowest BCUT2D eigenvalue weighted by molar-refractivity contribution is -0.141. The molecule has 0 N–H and O–H groups in total. The number of aryl methyl sites for hydroxylation is 1. The first-order valence-corrected chi connectivity index (χ1v) is 19.0. The molecule has 0 unspecified atom stereocenters. The highest BCUT2D eigenvalue weighted by molar-refractivity contribution is 7.89. The number of nitrogens with zero attached hydrogens (tertiary/aromatic N) is 8. The number of sulfonamides is 1. The Morgan fingerprint density at radius 1 is 0.962 bits per heavy atom. The van der Waals surface area contributed by atoms with Crippen LogP contribution in [0.2, 0.25) is 0 Å². The van der Waals surface area contributed by atoms with Crippen molar-refractivity contribution in [1.82, 2.24) is 19.2 Å². The molecule has 16 heteroatoms. The number of carbonyl (C=O) groups excluding carboxylic acids is 3. The van der Waals surface area contributed by atoms with Gasteiger partial charge in [0.2, 0.25) is 16.0 Å². The number of esters is 1. The van der Waals surface area contributed by atoms with E-state index in [9.17, 15) is 28.1 Å². The number of benzene rings is 2. The van der Waals surface area contributed by atoms with Gasteiger partial charge in [0, 0.05) is 75.0 Å². The lowest BCUT2D eigenvalue weighted by Gasteiger charge is -2.42. The number of fused-ring (bicyclic) bond motifs is 1. The Morgan fingerprint density at radius 2 is 1.72 bits per heavy atom. The molecule has 0 aliphatic carbocycles. The zero-order valence-electron chi connectivity index (χ0n) is 30.6. The van der Waals surface area contributed by atoms with Crippen LogP contribution in [0, 0.1) is 18.3 Å². The van der Waals surface area contributed by atoms with Gasteiger partial charge in [-0.2, -0.15) is 9.57 Å². The molecule has 3 aliphatic rings. The number of methoxy groups -OCH3 is 1. The van der Waals surface area contributed by atoms with Crippen LogP contribution in [0.15, 0.2) is 53.4 Å². The van der Waals surface area contributed by atoms with Gasteiger partial charge in [-0.3, -0.25) is 9.59 Å². The van der Waals surface area contributed by atoms with Gasteiger partial charge >= 0.3 is 12.1 Å². The van der Waals surface area contributed by atoms with Crippen molar-refractivity contribution >= 4 is 45.3 Å². The predicted octanol–water partition coefficient (Wildman–Crippen LogP) is 3.36. The summed E-state index contributed by atoms with van der Waals surface area (Å²) in [4.78, 5) is 55.3.